The number of rotatable bonds is 2. The van der Waals surface area contributed by atoms with Crippen molar-refractivity contribution in [1.82, 2.24) is 0 Å². The monoisotopic (exact) mass is 170 g/mol. The minimum absolute atomic E-state index is 0.558. The summed E-state index contributed by atoms with van der Waals surface area (Å²) in [4.78, 5) is 0. The van der Waals surface area contributed by atoms with Crippen molar-refractivity contribution in [3.05, 3.63) is 0 Å². The highest BCUT2D eigenvalue weighted by atomic mass is 16.5. The van der Waals surface area contributed by atoms with E-state index in [1.165, 1.54) is 44.9 Å². The van der Waals surface area contributed by atoms with Crippen molar-refractivity contribution >= 4 is 0 Å². The Hall–Kier alpha value is -0.0400. The highest BCUT2D eigenvalue weighted by Crippen LogP contribution is 2.25. The van der Waals surface area contributed by atoms with Gasteiger partial charge in [-0.15, -0.1) is 0 Å². The third-order valence-electron chi connectivity index (χ3n) is 3.19. The van der Waals surface area contributed by atoms with E-state index in [0.717, 1.165) is 5.92 Å². The smallest absolute Gasteiger partial charge is 0.0571 e. The number of methoxy groups -OCH3 is 1. The van der Waals surface area contributed by atoms with Crippen LogP contribution in [0.3, 0.4) is 0 Å². The molecule has 0 unspecified atom stereocenters. The van der Waals surface area contributed by atoms with Crippen LogP contribution in [0, 0.1) is 5.92 Å². The van der Waals surface area contributed by atoms with Gasteiger partial charge in [0.1, 0.15) is 0 Å². The standard InChI is InChI=1S/C11H22O/c1-3-10-6-4-8-11(12-2)9-5-7-10/h10-11H,3-9H2,1-2H3. The van der Waals surface area contributed by atoms with Gasteiger partial charge < -0.3 is 4.74 Å². The lowest BCUT2D eigenvalue weighted by molar-refractivity contribution is 0.0750. The molecule has 1 aliphatic rings. The summed E-state index contributed by atoms with van der Waals surface area (Å²) in [5.41, 5.74) is 0. The molecule has 0 N–H and O–H groups in total. The first-order chi connectivity index (χ1) is 5.86. The molecule has 1 aliphatic carbocycles. The van der Waals surface area contributed by atoms with E-state index in [1.54, 1.807) is 0 Å². The van der Waals surface area contributed by atoms with E-state index in [9.17, 15) is 0 Å². The molecule has 12 heavy (non-hydrogen) atoms. The maximum atomic E-state index is 5.40. The Labute approximate surface area is 76.5 Å². The second kappa shape index (κ2) is 5.58. The lowest BCUT2D eigenvalue weighted by Gasteiger charge is -2.22. The molecule has 1 saturated carbocycles. The van der Waals surface area contributed by atoms with Crippen LogP contribution in [0.4, 0.5) is 0 Å². The molecule has 0 bridgehead atoms. The second-order valence-corrected chi connectivity index (χ2v) is 3.99. The van der Waals surface area contributed by atoms with Gasteiger partial charge in [-0.1, -0.05) is 39.0 Å². The Morgan fingerprint density at radius 2 is 1.67 bits per heavy atom. The first kappa shape index (κ1) is 10.0. The topological polar surface area (TPSA) is 9.23 Å². The minimum atomic E-state index is 0.558. The molecule has 0 amide bonds. The van der Waals surface area contributed by atoms with E-state index >= 15 is 0 Å². The summed E-state index contributed by atoms with van der Waals surface area (Å²) in [6, 6.07) is 0. The van der Waals surface area contributed by atoms with Crippen LogP contribution < -0.4 is 0 Å². The van der Waals surface area contributed by atoms with Crippen molar-refractivity contribution in [3.63, 3.8) is 0 Å². The first-order valence-corrected chi connectivity index (χ1v) is 5.39. The minimum Gasteiger partial charge on any atom is -0.381 e. The summed E-state index contributed by atoms with van der Waals surface area (Å²) in [6.45, 7) is 2.32. The van der Waals surface area contributed by atoms with Crippen molar-refractivity contribution in [2.75, 3.05) is 7.11 Å². The van der Waals surface area contributed by atoms with Gasteiger partial charge in [0.25, 0.3) is 0 Å². The molecule has 0 aromatic heterocycles. The van der Waals surface area contributed by atoms with Gasteiger partial charge >= 0.3 is 0 Å². The molecule has 0 heterocycles. The average Bonchev–Trinajstić information content (AvgIpc) is 2.05. The summed E-state index contributed by atoms with van der Waals surface area (Å²) in [5.74, 6) is 1.00. The van der Waals surface area contributed by atoms with Gasteiger partial charge in [0.15, 0.2) is 0 Å². The fourth-order valence-corrected chi connectivity index (χ4v) is 2.20. The molecule has 0 aromatic rings. The van der Waals surface area contributed by atoms with E-state index in [-0.39, 0.29) is 0 Å². The van der Waals surface area contributed by atoms with E-state index in [0.29, 0.717) is 6.10 Å². The van der Waals surface area contributed by atoms with Gasteiger partial charge in [0, 0.05) is 7.11 Å². The molecule has 0 atom stereocenters. The molecule has 1 fully saturated rings. The maximum Gasteiger partial charge on any atom is 0.0571 e. The fraction of sp³-hybridized carbons (Fsp3) is 1.00. The third-order valence-corrected chi connectivity index (χ3v) is 3.19. The maximum absolute atomic E-state index is 5.40. The van der Waals surface area contributed by atoms with Crippen LogP contribution >= 0.6 is 0 Å². The van der Waals surface area contributed by atoms with Crippen molar-refractivity contribution in [2.24, 2.45) is 5.92 Å². The van der Waals surface area contributed by atoms with Gasteiger partial charge in [-0.05, 0) is 18.8 Å². The highest BCUT2D eigenvalue weighted by molar-refractivity contribution is 4.67. The van der Waals surface area contributed by atoms with Crippen LogP contribution in [0.1, 0.15) is 51.9 Å². The molecule has 0 spiro atoms. The number of hydrogen-bond donors (Lipinski definition) is 0. The Morgan fingerprint density at radius 1 is 1.08 bits per heavy atom. The summed E-state index contributed by atoms with van der Waals surface area (Å²) >= 11 is 0. The molecule has 0 aliphatic heterocycles. The molecule has 1 rings (SSSR count). The van der Waals surface area contributed by atoms with Gasteiger partial charge in [0.05, 0.1) is 6.10 Å². The van der Waals surface area contributed by atoms with Crippen LogP contribution in [0.15, 0.2) is 0 Å². The van der Waals surface area contributed by atoms with Crippen LogP contribution in [0.2, 0.25) is 0 Å². The molecular formula is C11H22O. The fourth-order valence-electron chi connectivity index (χ4n) is 2.20. The van der Waals surface area contributed by atoms with E-state index < -0.39 is 0 Å². The zero-order valence-corrected chi connectivity index (χ0v) is 8.51. The van der Waals surface area contributed by atoms with Gasteiger partial charge in [-0.25, -0.2) is 0 Å². The van der Waals surface area contributed by atoms with Crippen molar-refractivity contribution in [3.8, 4) is 0 Å². The SMILES string of the molecule is CCC1CCCC(OC)CCC1. The number of ether oxygens (including phenoxy) is 1. The van der Waals surface area contributed by atoms with Gasteiger partial charge in [0.2, 0.25) is 0 Å². The summed E-state index contributed by atoms with van der Waals surface area (Å²) in [7, 11) is 1.85. The molecular weight excluding hydrogens is 148 g/mol. The van der Waals surface area contributed by atoms with Gasteiger partial charge in [-0.3, -0.25) is 0 Å². The largest absolute Gasteiger partial charge is 0.381 e. The van der Waals surface area contributed by atoms with Crippen LogP contribution in [0.5, 0.6) is 0 Å². The Balaban J connectivity index is 2.24. The predicted molar refractivity (Wildman–Crippen MR) is 52.3 cm³/mol. The summed E-state index contributed by atoms with van der Waals surface area (Å²) in [5, 5.41) is 0. The molecule has 1 heteroatoms. The lowest BCUT2D eigenvalue weighted by atomic mass is 9.88. The third kappa shape index (κ3) is 3.14. The van der Waals surface area contributed by atoms with Crippen molar-refractivity contribution in [2.45, 2.75) is 58.0 Å². The lowest BCUT2D eigenvalue weighted by Crippen LogP contribution is -2.14. The van der Waals surface area contributed by atoms with Crippen LogP contribution in [-0.4, -0.2) is 13.2 Å². The predicted octanol–water partition coefficient (Wildman–Crippen LogP) is 3.38. The van der Waals surface area contributed by atoms with Crippen LogP contribution in [-0.2, 0) is 4.74 Å². The Morgan fingerprint density at radius 3 is 2.08 bits per heavy atom. The normalized spacial score (nSPS) is 32.5. The Bertz CT molecular complexity index is 89.6. The molecule has 0 aromatic carbocycles. The highest BCUT2D eigenvalue weighted by Gasteiger charge is 2.14. The number of hydrogen-bond acceptors (Lipinski definition) is 1. The first-order valence-electron chi connectivity index (χ1n) is 5.39. The summed E-state index contributed by atoms with van der Waals surface area (Å²) < 4.78 is 5.40. The Kier molecular flexibility index (Phi) is 4.67. The molecule has 0 saturated heterocycles. The van der Waals surface area contributed by atoms with E-state index in [1.807, 2.05) is 7.11 Å². The zero-order chi connectivity index (χ0) is 8.81. The molecule has 72 valence electrons. The zero-order valence-electron chi connectivity index (χ0n) is 8.51. The quantitative estimate of drug-likeness (QED) is 0.617. The van der Waals surface area contributed by atoms with E-state index in [2.05, 4.69) is 6.92 Å². The van der Waals surface area contributed by atoms with Gasteiger partial charge in [-0.2, -0.15) is 0 Å². The van der Waals surface area contributed by atoms with E-state index in [4.69, 9.17) is 4.74 Å². The van der Waals surface area contributed by atoms with Crippen molar-refractivity contribution < 1.29 is 4.74 Å². The second-order valence-electron chi connectivity index (χ2n) is 3.99. The molecule has 1 nitrogen and oxygen atoms in total. The summed E-state index contributed by atoms with van der Waals surface area (Å²) in [6.07, 6.45) is 10.1. The molecule has 0 radical (unpaired) electrons. The van der Waals surface area contributed by atoms with Crippen molar-refractivity contribution in [1.29, 1.82) is 0 Å². The van der Waals surface area contributed by atoms with Crippen LogP contribution in [0.25, 0.3) is 0 Å². The average molecular weight is 170 g/mol.